The summed E-state index contributed by atoms with van der Waals surface area (Å²) >= 11 is 0. The van der Waals surface area contributed by atoms with Crippen LogP contribution in [0.2, 0.25) is 0 Å². The predicted octanol–water partition coefficient (Wildman–Crippen LogP) is 1.94. The number of H-pyrrole nitrogens is 1. The zero-order valence-electron chi connectivity index (χ0n) is 10.8. The SMILES string of the molecule is Cc1[nH]cnc1C=C1C(=O)N([N+](=O)[O-])c2cccc(F)c21. The van der Waals surface area contributed by atoms with E-state index in [1.54, 1.807) is 6.92 Å². The third-order valence-electron chi connectivity index (χ3n) is 3.23. The number of nitro groups is 1. The molecule has 0 atom stereocenters. The van der Waals surface area contributed by atoms with E-state index in [1.807, 2.05) is 0 Å². The van der Waals surface area contributed by atoms with Gasteiger partial charge in [-0.25, -0.2) is 19.5 Å². The standard InChI is InChI=1S/C13H9FN4O3/c1-7-10(16-6-15-7)5-8-12-9(14)3-2-4-11(12)17(13(8)19)18(20)21/h2-6H,1H3,(H,15,16). The van der Waals surface area contributed by atoms with Crippen LogP contribution >= 0.6 is 0 Å². The molecule has 0 bridgehead atoms. The summed E-state index contributed by atoms with van der Waals surface area (Å²) < 4.78 is 14.0. The first kappa shape index (κ1) is 13.0. The monoisotopic (exact) mass is 288 g/mol. The third-order valence-corrected chi connectivity index (χ3v) is 3.23. The summed E-state index contributed by atoms with van der Waals surface area (Å²) in [5.74, 6) is -1.58. The Hall–Kier alpha value is -3.03. The molecule has 106 valence electrons. The van der Waals surface area contributed by atoms with Gasteiger partial charge in [0, 0.05) is 5.69 Å². The normalized spacial score (nSPS) is 15.6. The van der Waals surface area contributed by atoms with Gasteiger partial charge in [-0.3, -0.25) is 4.79 Å². The van der Waals surface area contributed by atoms with Gasteiger partial charge in [-0.05, 0) is 30.1 Å². The molecule has 2 aromatic rings. The summed E-state index contributed by atoms with van der Waals surface area (Å²) in [6.07, 6.45) is 2.77. The van der Waals surface area contributed by atoms with Crippen molar-refractivity contribution < 1.29 is 14.2 Å². The maximum atomic E-state index is 14.0. The van der Waals surface area contributed by atoms with Crippen molar-refractivity contribution in [2.45, 2.75) is 6.92 Å². The fourth-order valence-electron chi connectivity index (χ4n) is 2.23. The number of carbonyl (C=O) groups is 1. The largest absolute Gasteiger partial charge is 0.348 e. The molecule has 0 unspecified atom stereocenters. The van der Waals surface area contributed by atoms with Crippen molar-refractivity contribution in [2.24, 2.45) is 0 Å². The van der Waals surface area contributed by atoms with Gasteiger partial charge in [-0.2, -0.15) is 0 Å². The van der Waals surface area contributed by atoms with Gasteiger partial charge in [0.25, 0.3) is 0 Å². The van der Waals surface area contributed by atoms with Gasteiger partial charge in [-0.15, -0.1) is 0 Å². The number of halogens is 1. The zero-order valence-corrected chi connectivity index (χ0v) is 10.8. The molecule has 21 heavy (non-hydrogen) atoms. The molecule has 2 heterocycles. The van der Waals surface area contributed by atoms with Crippen molar-refractivity contribution in [1.29, 1.82) is 0 Å². The van der Waals surface area contributed by atoms with Crippen LogP contribution in [0.3, 0.4) is 0 Å². The van der Waals surface area contributed by atoms with Crippen molar-refractivity contribution in [3.8, 4) is 0 Å². The highest BCUT2D eigenvalue weighted by Crippen LogP contribution is 2.39. The predicted molar refractivity (Wildman–Crippen MR) is 72.1 cm³/mol. The average molecular weight is 288 g/mol. The van der Waals surface area contributed by atoms with Crippen LogP contribution in [0.4, 0.5) is 10.1 Å². The van der Waals surface area contributed by atoms with Gasteiger partial charge < -0.3 is 4.98 Å². The van der Waals surface area contributed by atoms with Crippen LogP contribution in [-0.2, 0) is 4.79 Å². The number of carbonyl (C=O) groups excluding carboxylic acids is 1. The van der Waals surface area contributed by atoms with E-state index < -0.39 is 16.8 Å². The number of nitrogens with one attached hydrogen (secondary N) is 1. The van der Waals surface area contributed by atoms with E-state index in [-0.39, 0.29) is 16.8 Å². The van der Waals surface area contributed by atoms with E-state index in [4.69, 9.17) is 0 Å². The Morgan fingerprint density at radius 2 is 2.24 bits per heavy atom. The van der Waals surface area contributed by atoms with Gasteiger partial charge in [0.1, 0.15) is 11.5 Å². The number of hydrogen-bond acceptors (Lipinski definition) is 4. The molecular weight excluding hydrogens is 279 g/mol. The number of nitrogens with zero attached hydrogens (tertiary/aromatic N) is 3. The number of aryl methyl sites for hydroxylation is 1. The van der Waals surface area contributed by atoms with E-state index in [0.717, 1.165) is 6.07 Å². The number of benzene rings is 1. The zero-order chi connectivity index (χ0) is 15.1. The van der Waals surface area contributed by atoms with Crippen LogP contribution in [-0.4, -0.2) is 20.9 Å². The Balaban J connectivity index is 2.24. The van der Waals surface area contributed by atoms with Crippen molar-refractivity contribution in [3.05, 3.63) is 57.4 Å². The molecule has 0 saturated carbocycles. The molecule has 0 saturated heterocycles. The van der Waals surface area contributed by atoms with Gasteiger partial charge in [0.05, 0.1) is 23.2 Å². The Morgan fingerprint density at radius 1 is 1.48 bits per heavy atom. The second-order valence-corrected chi connectivity index (χ2v) is 4.46. The number of anilines is 1. The minimum atomic E-state index is -0.887. The number of imidazole rings is 1. The molecule has 1 aromatic carbocycles. The van der Waals surface area contributed by atoms with Gasteiger partial charge in [0.2, 0.25) is 0 Å². The van der Waals surface area contributed by atoms with E-state index in [9.17, 15) is 19.3 Å². The van der Waals surface area contributed by atoms with Crippen LogP contribution in [0.1, 0.15) is 17.0 Å². The summed E-state index contributed by atoms with van der Waals surface area (Å²) in [6, 6.07) is 3.80. The number of rotatable bonds is 2. The van der Waals surface area contributed by atoms with Crippen molar-refractivity contribution >= 4 is 23.2 Å². The van der Waals surface area contributed by atoms with E-state index in [2.05, 4.69) is 9.97 Å². The highest BCUT2D eigenvalue weighted by Gasteiger charge is 2.42. The first-order valence-electron chi connectivity index (χ1n) is 6.00. The molecule has 0 radical (unpaired) electrons. The number of hydrogen-bond donors (Lipinski definition) is 1. The molecule has 1 N–H and O–H groups in total. The lowest BCUT2D eigenvalue weighted by molar-refractivity contribution is -0.482. The minimum absolute atomic E-state index is 0.0792. The van der Waals surface area contributed by atoms with Gasteiger partial charge in [0.15, 0.2) is 5.03 Å². The Bertz CT molecular complexity index is 796. The minimum Gasteiger partial charge on any atom is -0.348 e. The molecule has 0 spiro atoms. The topological polar surface area (TPSA) is 92.1 Å². The molecular formula is C13H9FN4O3. The van der Waals surface area contributed by atoms with Crippen LogP contribution in [0.25, 0.3) is 11.6 Å². The van der Waals surface area contributed by atoms with Crippen molar-refractivity contribution in [3.63, 3.8) is 0 Å². The van der Waals surface area contributed by atoms with E-state index >= 15 is 0 Å². The number of hydrazine groups is 1. The number of fused-ring (bicyclic) bond motifs is 1. The fourth-order valence-corrected chi connectivity index (χ4v) is 2.23. The van der Waals surface area contributed by atoms with Gasteiger partial charge >= 0.3 is 5.91 Å². The first-order chi connectivity index (χ1) is 10.0. The Morgan fingerprint density at radius 3 is 2.86 bits per heavy atom. The molecule has 8 heteroatoms. The lowest BCUT2D eigenvalue weighted by Crippen LogP contribution is -2.32. The number of amides is 1. The van der Waals surface area contributed by atoms with E-state index in [0.29, 0.717) is 16.4 Å². The molecule has 1 amide bonds. The number of aromatic amines is 1. The molecule has 7 nitrogen and oxygen atoms in total. The summed E-state index contributed by atoms with van der Waals surface area (Å²) in [4.78, 5) is 30.1. The van der Waals surface area contributed by atoms with E-state index in [1.165, 1.54) is 24.5 Å². The average Bonchev–Trinajstić information content (AvgIpc) is 2.94. The second kappa shape index (κ2) is 4.51. The summed E-state index contributed by atoms with van der Waals surface area (Å²) in [6.45, 7) is 1.73. The molecule has 1 aliphatic rings. The molecule has 1 aliphatic heterocycles. The first-order valence-corrected chi connectivity index (χ1v) is 6.00. The smallest absolute Gasteiger partial charge is 0.320 e. The number of aromatic nitrogens is 2. The van der Waals surface area contributed by atoms with Crippen LogP contribution in [0, 0.1) is 22.9 Å². The van der Waals surface area contributed by atoms with Crippen LogP contribution in [0.15, 0.2) is 24.5 Å². The lowest BCUT2D eigenvalue weighted by atomic mass is 10.1. The van der Waals surface area contributed by atoms with Crippen LogP contribution < -0.4 is 5.01 Å². The fraction of sp³-hybridized carbons (Fsp3) is 0.0769. The summed E-state index contributed by atoms with van der Waals surface area (Å²) in [5, 5.41) is 10.5. The molecule has 3 rings (SSSR count). The summed E-state index contributed by atoms with van der Waals surface area (Å²) in [7, 11) is 0. The third kappa shape index (κ3) is 1.88. The van der Waals surface area contributed by atoms with Crippen molar-refractivity contribution in [2.75, 3.05) is 5.01 Å². The summed E-state index contributed by atoms with van der Waals surface area (Å²) in [5.41, 5.74) is 0.853. The maximum absolute atomic E-state index is 14.0. The van der Waals surface area contributed by atoms with Gasteiger partial charge in [-0.1, -0.05) is 6.07 Å². The van der Waals surface area contributed by atoms with Crippen LogP contribution in [0.5, 0.6) is 0 Å². The Kier molecular flexibility index (Phi) is 2.79. The maximum Gasteiger partial charge on any atom is 0.320 e. The quantitative estimate of drug-likeness (QED) is 0.519. The second-order valence-electron chi connectivity index (χ2n) is 4.46. The molecule has 1 aromatic heterocycles. The lowest BCUT2D eigenvalue weighted by Gasteiger charge is -2.03. The Labute approximate surface area is 117 Å². The highest BCUT2D eigenvalue weighted by atomic mass is 19.1. The highest BCUT2D eigenvalue weighted by molar-refractivity contribution is 6.34. The van der Waals surface area contributed by atoms with Crippen molar-refractivity contribution in [1.82, 2.24) is 9.97 Å². The molecule has 0 fully saturated rings. The molecule has 0 aliphatic carbocycles.